The van der Waals surface area contributed by atoms with Crippen molar-refractivity contribution in [3.8, 4) is 0 Å². The fourth-order valence-corrected chi connectivity index (χ4v) is 1.73. The summed E-state index contributed by atoms with van der Waals surface area (Å²) in [4.78, 5) is 2.00. The van der Waals surface area contributed by atoms with Crippen molar-refractivity contribution >= 4 is 6.01 Å². The molecule has 0 aromatic carbocycles. The maximum absolute atomic E-state index is 5.65. The summed E-state index contributed by atoms with van der Waals surface area (Å²) in [6.45, 7) is 12.4. The van der Waals surface area contributed by atoms with Crippen molar-refractivity contribution in [2.75, 3.05) is 25.0 Å². The lowest BCUT2D eigenvalue weighted by molar-refractivity contribution is 0.386. The molecule has 0 aliphatic carbocycles. The fraction of sp³-hybridized carbons (Fsp3) is 0.833. The molecule has 1 atom stereocenters. The number of hydrogen-bond acceptors (Lipinski definition) is 5. The molecular weight excluding hydrogens is 216 g/mol. The Labute approximate surface area is 104 Å². The number of aromatic nitrogens is 2. The molecule has 0 bridgehead atoms. The third kappa shape index (κ3) is 4.34. The summed E-state index contributed by atoms with van der Waals surface area (Å²) in [5.74, 6) is 0.641. The van der Waals surface area contributed by atoms with Gasteiger partial charge < -0.3 is 14.6 Å². The predicted molar refractivity (Wildman–Crippen MR) is 69.1 cm³/mol. The van der Waals surface area contributed by atoms with E-state index in [1.807, 2.05) is 18.9 Å². The molecule has 1 N–H and O–H groups in total. The van der Waals surface area contributed by atoms with Gasteiger partial charge in [0.25, 0.3) is 0 Å². The van der Waals surface area contributed by atoms with Crippen LogP contribution in [0.5, 0.6) is 0 Å². The minimum atomic E-state index is 0.101. The van der Waals surface area contributed by atoms with E-state index >= 15 is 0 Å². The quantitative estimate of drug-likeness (QED) is 0.855. The maximum atomic E-state index is 5.65. The Morgan fingerprint density at radius 1 is 1.35 bits per heavy atom. The standard InChI is InChI=1S/C12H24N4O/c1-7-13-9(2)10-14-15-11(17-10)16(6)8-12(3,4)5/h9,13H,7-8H2,1-6H3. The van der Waals surface area contributed by atoms with Gasteiger partial charge in [-0.25, -0.2) is 0 Å². The Kier molecular flexibility index (Phi) is 4.51. The Morgan fingerprint density at radius 3 is 2.53 bits per heavy atom. The fourth-order valence-electron chi connectivity index (χ4n) is 1.73. The van der Waals surface area contributed by atoms with Crippen LogP contribution in [-0.2, 0) is 0 Å². The molecule has 1 unspecified atom stereocenters. The van der Waals surface area contributed by atoms with E-state index in [-0.39, 0.29) is 11.5 Å². The number of anilines is 1. The Balaban J connectivity index is 2.67. The number of nitrogens with one attached hydrogen (secondary N) is 1. The second kappa shape index (κ2) is 5.49. The van der Waals surface area contributed by atoms with E-state index in [1.54, 1.807) is 0 Å². The summed E-state index contributed by atoms with van der Waals surface area (Å²) in [6.07, 6.45) is 0. The molecule has 0 radical (unpaired) electrons. The van der Waals surface area contributed by atoms with Crippen LogP contribution in [0.1, 0.15) is 46.6 Å². The average molecular weight is 240 g/mol. The van der Waals surface area contributed by atoms with Gasteiger partial charge in [0, 0.05) is 13.6 Å². The first kappa shape index (κ1) is 14.0. The van der Waals surface area contributed by atoms with Gasteiger partial charge in [-0.15, -0.1) is 5.10 Å². The number of nitrogens with zero attached hydrogens (tertiary/aromatic N) is 3. The van der Waals surface area contributed by atoms with Gasteiger partial charge >= 0.3 is 6.01 Å². The second-order valence-electron chi connectivity index (χ2n) is 5.62. The van der Waals surface area contributed by atoms with Crippen molar-refractivity contribution in [1.82, 2.24) is 15.5 Å². The van der Waals surface area contributed by atoms with Crippen LogP contribution in [0.2, 0.25) is 0 Å². The number of hydrogen-bond donors (Lipinski definition) is 1. The van der Waals surface area contributed by atoms with Crippen LogP contribution >= 0.6 is 0 Å². The molecule has 0 aliphatic rings. The smallest absolute Gasteiger partial charge is 0.317 e. The van der Waals surface area contributed by atoms with Gasteiger partial charge in [0.2, 0.25) is 5.89 Å². The highest BCUT2D eigenvalue weighted by molar-refractivity contribution is 5.22. The van der Waals surface area contributed by atoms with E-state index in [0.29, 0.717) is 11.9 Å². The molecule has 0 amide bonds. The molecule has 98 valence electrons. The van der Waals surface area contributed by atoms with E-state index in [1.165, 1.54) is 0 Å². The molecular formula is C12H24N4O. The summed E-state index contributed by atoms with van der Waals surface area (Å²) in [5.41, 5.74) is 0.205. The first-order valence-corrected chi connectivity index (χ1v) is 6.11. The second-order valence-corrected chi connectivity index (χ2v) is 5.62. The SMILES string of the molecule is CCNC(C)c1nnc(N(C)CC(C)(C)C)o1. The molecule has 1 heterocycles. The van der Waals surface area contributed by atoms with Gasteiger partial charge in [-0.3, -0.25) is 0 Å². The lowest BCUT2D eigenvalue weighted by Gasteiger charge is -2.24. The lowest BCUT2D eigenvalue weighted by atomic mass is 9.96. The summed E-state index contributed by atoms with van der Waals surface area (Å²) >= 11 is 0. The number of rotatable bonds is 5. The normalized spacial score (nSPS) is 13.8. The summed E-state index contributed by atoms with van der Waals surface area (Å²) < 4.78 is 5.65. The van der Waals surface area contributed by atoms with Crippen LogP contribution < -0.4 is 10.2 Å². The van der Waals surface area contributed by atoms with Crippen molar-refractivity contribution in [2.24, 2.45) is 5.41 Å². The summed E-state index contributed by atoms with van der Waals surface area (Å²) in [5, 5.41) is 11.4. The molecule has 17 heavy (non-hydrogen) atoms. The van der Waals surface area contributed by atoms with Gasteiger partial charge in [0.15, 0.2) is 0 Å². The molecule has 5 nitrogen and oxygen atoms in total. The van der Waals surface area contributed by atoms with Gasteiger partial charge in [0.1, 0.15) is 0 Å². The van der Waals surface area contributed by atoms with E-state index in [4.69, 9.17) is 4.42 Å². The van der Waals surface area contributed by atoms with E-state index in [9.17, 15) is 0 Å². The third-order valence-electron chi connectivity index (χ3n) is 2.35. The van der Waals surface area contributed by atoms with E-state index in [2.05, 4.69) is 43.2 Å². The van der Waals surface area contributed by atoms with Crippen LogP contribution in [0.25, 0.3) is 0 Å². The van der Waals surface area contributed by atoms with Crippen molar-refractivity contribution in [3.05, 3.63) is 5.89 Å². The van der Waals surface area contributed by atoms with Gasteiger partial charge in [-0.05, 0) is 18.9 Å². The van der Waals surface area contributed by atoms with Gasteiger partial charge in [0.05, 0.1) is 6.04 Å². The maximum Gasteiger partial charge on any atom is 0.317 e. The molecule has 0 spiro atoms. The molecule has 0 fully saturated rings. The zero-order valence-corrected chi connectivity index (χ0v) is 11.7. The Hall–Kier alpha value is -1.10. The van der Waals surface area contributed by atoms with E-state index in [0.717, 1.165) is 13.1 Å². The summed E-state index contributed by atoms with van der Waals surface area (Å²) in [6, 6.07) is 0.684. The molecule has 1 aromatic heterocycles. The largest absolute Gasteiger partial charge is 0.406 e. The molecule has 1 rings (SSSR count). The van der Waals surface area contributed by atoms with E-state index < -0.39 is 0 Å². The molecule has 0 aliphatic heterocycles. The monoisotopic (exact) mass is 240 g/mol. The van der Waals surface area contributed by atoms with Gasteiger partial charge in [-0.1, -0.05) is 32.8 Å². The molecule has 0 saturated carbocycles. The van der Waals surface area contributed by atoms with Crippen LogP contribution in [0.4, 0.5) is 6.01 Å². The van der Waals surface area contributed by atoms with Crippen molar-refractivity contribution in [1.29, 1.82) is 0 Å². The zero-order valence-electron chi connectivity index (χ0n) is 11.7. The van der Waals surface area contributed by atoms with Gasteiger partial charge in [-0.2, -0.15) is 0 Å². The van der Waals surface area contributed by atoms with Crippen molar-refractivity contribution in [2.45, 2.75) is 40.7 Å². The highest BCUT2D eigenvalue weighted by Gasteiger charge is 2.19. The highest BCUT2D eigenvalue weighted by Crippen LogP contribution is 2.20. The van der Waals surface area contributed by atoms with Crippen molar-refractivity contribution in [3.63, 3.8) is 0 Å². The van der Waals surface area contributed by atoms with Crippen LogP contribution in [0.3, 0.4) is 0 Å². The summed E-state index contributed by atoms with van der Waals surface area (Å²) in [7, 11) is 1.97. The Bertz CT molecular complexity index is 343. The highest BCUT2D eigenvalue weighted by atomic mass is 16.4. The first-order chi connectivity index (χ1) is 7.83. The molecule has 5 heteroatoms. The molecule has 0 saturated heterocycles. The minimum Gasteiger partial charge on any atom is -0.406 e. The van der Waals surface area contributed by atoms with Crippen LogP contribution in [0.15, 0.2) is 4.42 Å². The topological polar surface area (TPSA) is 54.2 Å². The lowest BCUT2D eigenvalue weighted by Crippen LogP contribution is -2.29. The predicted octanol–water partition coefficient (Wildman–Crippen LogP) is 2.22. The Morgan fingerprint density at radius 2 is 2.00 bits per heavy atom. The first-order valence-electron chi connectivity index (χ1n) is 6.11. The average Bonchev–Trinajstić information content (AvgIpc) is 2.63. The van der Waals surface area contributed by atoms with Crippen molar-refractivity contribution < 1.29 is 4.42 Å². The minimum absolute atomic E-state index is 0.101. The third-order valence-corrected chi connectivity index (χ3v) is 2.35. The molecule has 1 aromatic rings. The van der Waals surface area contributed by atoms with Crippen LogP contribution in [-0.4, -0.2) is 30.3 Å². The van der Waals surface area contributed by atoms with Crippen LogP contribution in [0, 0.1) is 5.41 Å². The zero-order chi connectivity index (χ0) is 13.1.